The minimum absolute atomic E-state index is 0.620. The molecule has 0 bridgehead atoms. The molecule has 1 aliphatic rings. The van der Waals surface area contributed by atoms with E-state index in [-0.39, 0.29) is 0 Å². The van der Waals surface area contributed by atoms with Gasteiger partial charge in [-0.3, -0.25) is 4.79 Å². The first-order valence-corrected chi connectivity index (χ1v) is 2.69. The van der Waals surface area contributed by atoms with Gasteiger partial charge in [0.25, 0.3) is 5.91 Å². The summed E-state index contributed by atoms with van der Waals surface area (Å²) in [6.07, 6.45) is -4.64. The molecule has 1 rings (SSSR count). The fourth-order valence-corrected chi connectivity index (χ4v) is 0.571. The number of aliphatic imine (C=N–C) groups is 2. The van der Waals surface area contributed by atoms with Gasteiger partial charge in [-0.1, -0.05) is 0 Å². The van der Waals surface area contributed by atoms with Crippen molar-refractivity contribution in [2.75, 3.05) is 0 Å². The third kappa shape index (κ3) is 1.86. The van der Waals surface area contributed by atoms with Crippen molar-refractivity contribution in [1.29, 1.82) is 0 Å². The number of carbonyl (C=O) groups is 1. The monoisotopic (exact) mass is 164 g/mol. The fraction of sp³-hybridized carbons (Fsp3) is 0.400. The second kappa shape index (κ2) is 2.44. The highest BCUT2D eigenvalue weighted by molar-refractivity contribution is 6.11. The Bertz CT molecular complexity index is 241. The molecule has 1 amide bonds. The van der Waals surface area contributed by atoms with Crippen molar-refractivity contribution in [2.45, 2.75) is 12.6 Å². The average molecular weight is 164 g/mol. The Balaban J connectivity index is 2.83. The van der Waals surface area contributed by atoms with Gasteiger partial charge in [-0.05, 0) is 0 Å². The van der Waals surface area contributed by atoms with Gasteiger partial charge in [-0.2, -0.15) is 13.2 Å². The standard InChI is InChI=1S/C5H3F3N2O/c6-5(7,8)3-1-4(11)10-2-9-3/h2H,1H2. The molecular formula is C5H3F3N2O. The number of carbonyl (C=O) groups excluding carboxylic acids is 1. The molecule has 6 heteroatoms. The second-order valence-electron chi connectivity index (χ2n) is 1.89. The van der Waals surface area contributed by atoms with Crippen molar-refractivity contribution in [3.05, 3.63) is 0 Å². The Kier molecular flexibility index (Phi) is 1.76. The Morgan fingerprint density at radius 1 is 1.45 bits per heavy atom. The molecule has 0 aromatic rings. The van der Waals surface area contributed by atoms with Crippen LogP contribution in [0.4, 0.5) is 13.2 Å². The Labute approximate surface area is 59.6 Å². The Morgan fingerprint density at radius 3 is 2.45 bits per heavy atom. The first-order chi connectivity index (χ1) is 5.00. The van der Waals surface area contributed by atoms with E-state index >= 15 is 0 Å². The van der Waals surface area contributed by atoms with Crippen LogP contribution >= 0.6 is 0 Å². The van der Waals surface area contributed by atoms with Crippen molar-refractivity contribution in [1.82, 2.24) is 0 Å². The van der Waals surface area contributed by atoms with Gasteiger partial charge in [-0.15, -0.1) is 0 Å². The first-order valence-electron chi connectivity index (χ1n) is 2.69. The summed E-state index contributed by atoms with van der Waals surface area (Å²) >= 11 is 0. The van der Waals surface area contributed by atoms with E-state index in [0.717, 1.165) is 0 Å². The molecule has 0 saturated heterocycles. The molecule has 0 fully saturated rings. The van der Waals surface area contributed by atoms with E-state index in [0.29, 0.717) is 6.34 Å². The van der Waals surface area contributed by atoms with E-state index in [2.05, 4.69) is 9.98 Å². The van der Waals surface area contributed by atoms with Crippen LogP contribution in [-0.2, 0) is 4.79 Å². The lowest BCUT2D eigenvalue weighted by Crippen LogP contribution is -2.27. The van der Waals surface area contributed by atoms with E-state index in [1.165, 1.54) is 0 Å². The molecule has 1 heterocycles. The summed E-state index contributed by atoms with van der Waals surface area (Å²) in [5, 5.41) is 0. The summed E-state index contributed by atoms with van der Waals surface area (Å²) in [6.45, 7) is 0. The predicted octanol–water partition coefficient (Wildman–Crippen LogP) is 0.948. The minimum atomic E-state index is -4.51. The Hall–Kier alpha value is -1.20. The molecule has 0 spiro atoms. The molecule has 0 saturated carbocycles. The lowest BCUT2D eigenvalue weighted by Gasteiger charge is -2.08. The molecule has 0 aromatic heterocycles. The molecule has 1 aliphatic heterocycles. The topological polar surface area (TPSA) is 41.8 Å². The van der Waals surface area contributed by atoms with Crippen LogP contribution < -0.4 is 0 Å². The molecule has 60 valence electrons. The highest BCUT2D eigenvalue weighted by Crippen LogP contribution is 2.20. The summed E-state index contributed by atoms with van der Waals surface area (Å²) in [7, 11) is 0. The largest absolute Gasteiger partial charge is 0.430 e. The van der Waals surface area contributed by atoms with Crippen molar-refractivity contribution in [3.8, 4) is 0 Å². The highest BCUT2D eigenvalue weighted by Gasteiger charge is 2.37. The van der Waals surface area contributed by atoms with E-state index in [1.54, 1.807) is 0 Å². The molecule has 0 aliphatic carbocycles. The van der Waals surface area contributed by atoms with Gasteiger partial charge in [0.15, 0.2) is 0 Å². The molecule has 0 N–H and O–H groups in total. The SMILES string of the molecule is O=C1CC(C(F)(F)F)=NC=N1. The number of rotatable bonds is 0. The molecule has 11 heavy (non-hydrogen) atoms. The summed E-state index contributed by atoms with van der Waals surface area (Å²) < 4.78 is 35.3. The number of hydrogen-bond donors (Lipinski definition) is 0. The van der Waals surface area contributed by atoms with Gasteiger partial charge < -0.3 is 0 Å². The number of hydrogen-bond acceptors (Lipinski definition) is 2. The van der Waals surface area contributed by atoms with Crippen LogP contribution in [0.5, 0.6) is 0 Å². The van der Waals surface area contributed by atoms with Gasteiger partial charge in [0.2, 0.25) is 0 Å². The maximum atomic E-state index is 11.8. The predicted molar refractivity (Wildman–Crippen MR) is 31.6 cm³/mol. The molecule has 0 radical (unpaired) electrons. The highest BCUT2D eigenvalue weighted by atomic mass is 19.4. The first kappa shape index (κ1) is 7.90. The van der Waals surface area contributed by atoms with Crippen molar-refractivity contribution in [2.24, 2.45) is 9.98 Å². The number of nitrogens with zero attached hydrogens (tertiary/aromatic N) is 2. The van der Waals surface area contributed by atoms with Crippen molar-refractivity contribution in [3.63, 3.8) is 0 Å². The normalized spacial score (nSPS) is 18.5. The van der Waals surface area contributed by atoms with E-state index in [1.807, 2.05) is 0 Å². The van der Waals surface area contributed by atoms with E-state index < -0.39 is 24.2 Å². The minimum Gasteiger partial charge on any atom is -0.272 e. The molecule has 3 nitrogen and oxygen atoms in total. The van der Waals surface area contributed by atoms with Gasteiger partial charge in [-0.25, -0.2) is 9.98 Å². The molecule has 0 unspecified atom stereocenters. The van der Waals surface area contributed by atoms with Crippen LogP contribution in [0.1, 0.15) is 6.42 Å². The van der Waals surface area contributed by atoms with Crippen LogP contribution in [0, 0.1) is 0 Å². The lowest BCUT2D eigenvalue weighted by atomic mass is 10.2. The zero-order chi connectivity index (χ0) is 8.48. The summed E-state index contributed by atoms with van der Waals surface area (Å²) in [5.74, 6) is -0.813. The van der Waals surface area contributed by atoms with Crippen LogP contribution in [0.3, 0.4) is 0 Å². The van der Waals surface area contributed by atoms with Crippen LogP contribution in [0.15, 0.2) is 9.98 Å². The maximum absolute atomic E-state index is 11.8. The van der Waals surface area contributed by atoms with Crippen molar-refractivity contribution < 1.29 is 18.0 Å². The van der Waals surface area contributed by atoms with Crippen LogP contribution in [0.2, 0.25) is 0 Å². The summed E-state index contributed by atoms with van der Waals surface area (Å²) in [6, 6.07) is 0. The van der Waals surface area contributed by atoms with Gasteiger partial charge in [0, 0.05) is 0 Å². The van der Waals surface area contributed by atoms with Gasteiger partial charge in [0.05, 0.1) is 6.42 Å². The summed E-state index contributed by atoms with van der Waals surface area (Å²) in [5.41, 5.74) is -1.09. The smallest absolute Gasteiger partial charge is 0.272 e. The van der Waals surface area contributed by atoms with E-state index in [9.17, 15) is 18.0 Å². The fourth-order valence-electron chi connectivity index (χ4n) is 0.571. The molecule has 0 atom stereocenters. The second-order valence-corrected chi connectivity index (χ2v) is 1.89. The van der Waals surface area contributed by atoms with E-state index in [4.69, 9.17) is 0 Å². The molecular weight excluding hydrogens is 161 g/mol. The van der Waals surface area contributed by atoms with Crippen LogP contribution in [-0.4, -0.2) is 24.1 Å². The zero-order valence-corrected chi connectivity index (χ0v) is 5.22. The molecule has 0 aromatic carbocycles. The third-order valence-electron chi connectivity index (χ3n) is 1.06. The third-order valence-corrected chi connectivity index (χ3v) is 1.06. The average Bonchev–Trinajstić information content (AvgIpc) is 1.86. The summed E-state index contributed by atoms with van der Waals surface area (Å²) in [4.78, 5) is 16.3. The Morgan fingerprint density at radius 2 is 2.09 bits per heavy atom. The number of amides is 1. The number of halogens is 3. The number of alkyl halides is 3. The quantitative estimate of drug-likeness (QED) is 0.525. The maximum Gasteiger partial charge on any atom is 0.430 e. The van der Waals surface area contributed by atoms with Crippen molar-refractivity contribution >= 4 is 18.0 Å². The van der Waals surface area contributed by atoms with Crippen LogP contribution in [0.25, 0.3) is 0 Å². The lowest BCUT2D eigenvalue weighted by molar-refractivity contribution is -0.117. The zero-order valence-electron chi connectivity index (χ0n) is 5.22. The van der Waals surface area contributed by atoms with Gasteiger partial charge >= 0.3 is 6.18 Å². The van der Waals surface area contributed by atoms with Gasteiger partial charge in [0.1, 0.15) is 12.1 Å².